The predicted octanol–water partition coefficient (Wildman–Crippen LogP) is 10.4. The van der Waals surface area contributed by atoms with E-state index in [1.54, 1.807) is 0 Å². The van der Waals surface area contributed by atoms with Crippen LogP contribution in [0, 0.1) is 6.92 Å². The first-order valence-corrected chi connectivity index (χ1v) is 14.7. The molecule has 0 spiro atoms. The minimum Gasteiger partial charge on any atom is -0.300 e. The van der Waals surface area contributed by atoms with E-state index in [4.69, 9.17) is 4.98 Å². The van der Waals surface area contributed by atoms with Gasteiger partial charge in [-0.25, -0.2) is 4.98 Å². The van der Waals surface area contributed by atoms with Gasteiger partial charge in [-0.05, 0) is 92.9 Å². The first-order chi connectivity index (χ1) is 20.8. The van der Waals surface area contributed by atoms with Crippen LogP contribution in [-0.2, 0) is 6.42 Å². The molecule has 200 valence electrons. The van der Waals surface area contributed by atoms with Crippen LogP contribution in [0.2, 0.25) is 0 Å². The van der Waals surface area contributed by atoms with Crippen LogP contribution in [0.15, 0.2) is 133 Å². The average molecular weight is 539 g/mol. The lowest BCUT2D eigenvalue weighted by atomic mass is 9.85. The van der Waals surface area contributed by atoms with Crippen LogP contribution in [0.1, 0.15) is 23.6 Å². The van der Waals surface area contributed by atoms with Crippen LogP contribution >= 0.6 is 0 Å². The number of imidazole rings is 1. The van der Waals surface area contributed by atoms with Crippen molar-refractivity contribution in [3.8, 4) is 39.1 Å². The number of rotatable bonds is 4. The van der Waals surface area contributed by atoms with Crippen molar-refractivity contribution < 1.29 is 0 Å². The molecule has 42 heavy (non-hydrogen) atoms. The quantitative estimate of drug-likeness (QED) is 0.204. The molecular weight excluding hydrogens is 508 g/mol. The fourth-order valence-electron chi connectivity index (χ4n) is 6.72. The summed E-state index contributed by atoms with van der Waals surface area (Å²) in [7, 11) is 0. The highest BCUT2D eigenvalue weighted by molar-refractivity contribution is 6.21. The SMILES string of the molecule is Cc1nc2c(n1-c1ccc(-c3c4ccccc4c(-c4ccc(-c5ccccc5)cc4)c4ccccc34)cc1)CCC=C2. The second kappa shape index (κ2) is 10.0. The lowest BCUT2D eigenvalue weighted by Crippen LogP contribution is -2.04. The zero-order chi connectivity index (χ0) is 28.0. The van der Waals surface area contributed by atoms with Crippen LogP contribution in [0.25, 0.3) is 66.7 Å². The molecule has 0 saturated carbocycles. The van der Waals surface area contributed by atoms with Gasteiger partial charge in [0.15, 0.2) is 0 Å². The Morgan fingerprint density at radius 1 is 0.524 bits per heavy atom. The summed E-state index contributed by atoms with van der Waals surface area (Å²) in [4.78, 5) is 4.83. The number of nitrogens with zero attached hydrogens (tertiary/aromatic N) is 2. The van der Waals surface area contributed by atoms with Gasteiger partial charge in [0.05, 0.1) is 11.4 Å². The van der Waals surface area contributed by atoms with Gasteiger partial charge in [0.2, 0.25) is 0 Å². The zero-order valence-corrected chi connectivity index (χ0v) is 23.6. The highest BCUT2D eigenvalue weighted by atomic mass is 15.1. The topological polar surface area (TPSA) is 17.8 Å². The molecule has 0 N–H and O–H groups in total. The van der Waals surface area contributed by atoms with E-state index in [0.717, 1.165) is 24.4 Å². The zero-order valence-electron chi connectivity index (χ0n) is 23.6. The third kappa shape index (κ3) is 3.99. The molecule has 6 aromatic carbocycles. The summed E-state index contributed by atoms with van der Waals surface area (Å²) in [6.07, 6.45) is 6.47. The fraction of sp³-hybridized carbons (Fsp3) is 0.0750. The Balaban J connectivity index is 1.29. The van der Waals surface area contributed by atoms with Crippen molar-refractivity contribution in [2.24, 2.45) is 0 Å². The van der Waals surface area contributed by atoms with Gasteiger partial charge in [0.1, 0.15) is 5.82 Å². The van der Waals surface area contributed by atoms with Crippen molar-refractivity contribution in [3.05, 3.63) is 151 Å². The maximum Gasteiger partial charge on any atom is 0.111 e. The molecule has 0 amide bonds. The number of benzene rings is 6. The second-order valence-corrected chi connectivity index (χ2v) is 11.1. The van der Waals surface area contributed by atoms with Gasteiger partial charge in [-0.3, -0.25) is 0 Å². The van der Waals surface area contributed by atoms with Gasteiger partial charge < -0.3 is 4.57 Å². The van der Waals surface area contributed by atoms with Crippen molar-refractivity contribution in [1.29, 1.82) is 0 Å². The van der Waals surface area contributed by atoms with E-state index in [9.17, 15) is 0 Å². The second-order valence-electron chi connectivity index (χ2n) is 11.1. The van der Waals surface area contributed by atoms with Gasteiger partial charge in [0, 0.05) is 5.69 Å². The predicted molar refractivity (Wildman–Crippen MR) is 177 cm³/mol. The Bertz CT molecular complexity index is 2060. The molecule has 0 radical (unpaired) electrons. The molecule has 8 rings (SSSR count). The maximum atomic E-state index is 4.83. The Labute approximate surface area is 246 Å². The number of aromatic nitrogens is 2. The first-order valence-electron chi connectivity index (χ1n) is 14.7. The number of allylic oxidation sites excluding steroid dienone is 1. The Morgan fingerprint density at radius 3 is 1.57 bits per heavy atom. The number of hydrogen-bond acceptors (Lipinski definition) is 1. The Kier molecular flexibility index (Phi) is 5.86. The molecule has 2 heteroatoms. The van der Waals surface area contributed by atoms with Gasteiger partial charge in [0.25, 0.3) is 0 Å². The highest BCUT2D eigenvalue weighted by Crippen LogP contribution is 2.44. The van der Waals surface area contributed by atoms with Crippen molar-refractivity contribution in [3.63, 3.8) is 0 Å². The summed E-state index contributed by atoms with van der Waals surface area (Å²) >= 11 is 0. The van der Waals surface area contributed by atoms with Crippen LogP contribution < -0.4 is 0 Å². The summed E-state index contributed by atoms with van der Waals surface area (Å²) in [5, 5.41) is 5.09. The van der Waals surface area contributed by atoms with Crippen molar-refractivity contribution in [1.82, 2.24) is 9.55 Å². The van der Waals surface area contributed by atoms with Gasteiger partial charge >= 0.3 is 0 Å². The highest BCUT2D eigenvalue weighted by Gasteiger charge is 2.19. The lowest BCUT2D eigenvalue weighted by Gasteiger charge is -2.18. The van der Waals surface area contributed by atoms with Gasteiger partial charge in [-0.2, -0.15) is 0 Å². The van der Waals surface area contributed by atoms with Gasteiger partial charge in [-0.1, -0.05) is 121 Å². The van der Waals surface area contributed by atoms with E-state index in [-0.39, 0.29) is 0 Å². The minimum atomic E-state index is 1.03. The first kappa shape index (κ1) is 24.6. The molecule has 1 heterocycles. The molecule has 1 aromatic heterocycles. The molecule has 1 aliphatic carbocycles. The van der Waals surface area contributed by atoms with Crippen LogP contribution in [0.4, 0.5) is 0 Å². The average Bonchev–Trinajstić information content (AvgIpc) is 3.40. The van der Waals surface area contributed by atoms with E-state index in [1.165, 1.54) is 66.3 Å². The maximum absolute atomic E-state index is 4.83. The third-order valence-corrected chi connectivity index (χ3v) is 8.62. The minimum absolute atomic E-state index is 1.03. The molecule has 2 nitrogen and oxygen atoms in total. The number of fused-ring (bicyclic) bond motifs is 3. The van der Waals surface area contributed by atoms with E-state index < -0.39 is 0 Å². The van der Waals surface area contributed by atoms with Crippen molar-refractivity contribution >= 4 is 27.6 Å². The summed E-state index contributed by atoms with van der Waals surface area (Å²) in [5.41, 5.74) is 11.1. The van der Waals surface area contributed by atoms with Crippen molar-refractivity contribution in [2.45, 2.75) is 19.8 Å². The van der Waals surface area contributed by atoms with E-state index >= 15 is 0 Å². The molecule has 0 saturated heterocycles. The molecule has 0 aliphatic heterocycles. The lowest BCUT2D eigenvalue weighted by molar-refractivity contribution is 0.854. The largest absolute Gasteiger partial charge is 0.300 e. The van der Waals surface area contributed by atoms with E-state index in [1.807, 2.05) is 0 Å². The molecule has 0 bridgehead atoms. The molecule has 0 fully saturated rings. The molecule has 0 atom stereocenters. The van der Waals surface area contributed by atoms with E-state index in [2.05, 4.69) is 151 Å². The standard InChI is InChI=1S/C40H30N2/c1-27-41-37-17-9-10-18-38(37)42(27)32-25-23-31(24-26-32)40-35-15-7-5-13-33(35)39(34-14-6-8-16-36(34)40)30-21-19-29(20-22-30)28-11-3-2-4-12-28/h2-9,11-17,19-26H,10,18H2,1H3. The smallest absolute Gasteiger partial charge is 0.111 e. The fourth-order valence-corrected chi connectivity index (χ4v) is 6.72. The summed E-state index contributed by atoms with van der Waals surface area (Å²) < 4.78 is 2.32. The number of hydrogen-bond donors (Lipinski definition) is 0. The number of aryl methyl sites for hydroxylation is 1. The third-order valence-electron chi connectivity index (χ3n) is 8.62. The van der Waals surface area contributed by atoms with Crippen molar-refractivity contribution in [2.75, 3.05) is 0 Å². The van der Waals surface area contributed by atoms with Crippen LogP contribution in [0.5, 0.6) is 0 Å². The normalized spacial score (nSPS) is 12.6. The van der Waals surface area contributed by atoms with E-state index in [0.29, 0.717) is 0 Å². The Hall–Kier alpha value is -5.21. The monoisotopic (exact) mass is 538 g/mol. The molecule has 0 unspecified atom stereocenters. The Morgan fingerprint density at radius 2 is 1.00 bits per heavy atom. The summed E-state index contributed by atoms with van der Waals surface area (Å²) in [6.45, 7) is 2.10. The van der Waals surface area contributed by atoms with Crippen LogP contribution in [-0.4, -0.2) is 9.55 Å². The molecular formula is C40H30N2. The summed E-state index contributed by atoms with van der Waals surface area (Å²) in [5.74, 6) is 1.04. The summed E-state index contributed by atoms with van der Waals surface area (Å²) in [6, 6.07) is 46.4. The van der Waals surface area contributed by atoms with Crippen LogP contribution in [0.3, 0.4) is 0 Å². The molecule has 7 aromatic rings. The molecule has 1 aliphatic rings. The van der Waals surface area contributed by atoms with Gasteiger partial charge in [-0.15, -0.1) is 0 Å².